The van der Waals surface area contributed by atoms with Gasteiger partial charge >= 0.3 is 0 Å². The van der Waals surface area contributed by atoms with Crippen LogP contribution in [0, 0.1) is 0 Å². The minimum Gasteiger partial charge on any atom is -0.322 e. The third-order valence-corrected chi connectivity index (χ3v) is 5.82. The molecule has 0 aliphatic carbocycles. The first kappa shape index (κ1) is 17.5. The first-order valence-corrected chi connectivity index (χ1v) is 9.91. The maximum absolute atomic E-state index is 12.3. The molecule has 5 nitrogen and oxygen atoms in total. The predicted octanol–water partition coefficient (Wildman–Crippen LogP) is 4.45. The molecule has 0 saturated carbocycles. The monoisotopic (exact) mass is 392 g/mol. The molecule has 1 aromatic heterocycles. The fourth-order valence-electron chi connectivity index (χ4n) is 2.07. The van der Waals surface area contributed by atoms with Crippen LogP contribution in [0.2, 0.25) is 5.02 Å². The summed E-state index contributed by atoms with van der Waals surface area (Å²) < 4.78 is 27.1. The number of anilines is 2. The second-order valence-electron chi connectivity index (χ2n) is 5.08. The Balaban J connectivity index is 1.73. The topological polar surface area (TPSA) is 75.3 Å². The van der Waals surface area contributed by atoms with Gasteiger partial charge in [0.2, 0.25) is 0 Å². The van der Waals surface area contributed by atoms with E-state index in [0.717, 1.165) is 11.3 Å². The summed E-state index contributed by atoms with van der Waals surface area (Å²) in [6.45, 7) is 0. The standard InChI is InChI=1S/C17H13ClN2O3S2/c18-13-5-4-6-14(10-13)19-17(21)12-9-16(24-11-12)20-25(22,23)15-7-2-1-3-8-15/h1-11,20H,(H,19,21). The Kier molecular flexibility index (Phi) is 5.08. The van der Waals surface area contributed by atoms with Crippen LogP contribution in [0.3, 0.4) is 0 Å². The number of sulfonamides is 1. The normalized spacial score (nSPS) is 11.1. The highest BCUT2D eigenvalue weighted by Crippen LogP contribution is 2.25. The van der Waals surface area contributed by atoms with Gasteiger partial charge in [-0.3, -0.25) is 9.52 Å². The highest BCUT2D eigenvalue weighted by molar-refractivity contribution is 7.93. The van der Waals surface area contributed by atoms with Crippen LogP contribution in [0.1, 0.15) is 10.4 Å². The zero-order valence-corrected chi connectivity index (χ0v) is 15.2. The highest BCUT2D eigenvalue weighted by Gasteiger charge is 2.16. The van der Waals surface area contributed by atoms with Gasteiger partial charge in [-0.25, -0.2) is 8.42 Å². The van der Waals surface area contributed by atoms with E-state index >= 15 is 0 Å². The maximum Gasteiger partial charge on any atom is 0.262 e. The third-order valence-electron chi connectivity index (χ3n) is 3.23. The van der Waals surface area contributed by atoms with E-state index in [1.165, 1.54) is 18.2 Å². The summed E-state index contributed by atoms with van der Waals surface area (Å²) in [5.41, 5.74) is 0.922. The van der Waals surface area contributed by atoms with Gasteiger partial charge in [0.1, 0.15) is 5.00 Å². The summed E-state index contributed by atoms with van der Waals surface area (Å²) >= 11 is 7.02. The van der Waals surface area contributed by atoms with Crippen molar-refractivity contribution in [3.63, 3.8) is 0 Å². The number of hydrogen-bond acceptors (Lipinski definition) is 4. The number of nitrogens with one attached hydrogen (secondary N) is 2. The molecule has 1 heterocycles. The van der Waals surface area contributed by atoms with Gasteiger partial charge in [-0.2, -0.15) is 0 Å². The second kappa shape index (κ2) is 7.26. The average molecular weight is 393 g/mol. The molecule has 0 fully saturated rings. The quantitative estimate of drug-likeness (QED) is 0.673. The molecule has 3 aromatic rings. The van der Waals surface area contributed by atoms with E-state index in [-0.39, 0.29) is 10.8 Å². The molecule has 0 atom stereocenters. The predicted molar refractivity (Wildman–Crippen MR) is 101 cm³/mol. The Morgan fingerprint density at radius 1 is 1.00 bits per heavy atom. The smallest absolute Gasteiger partial charge is 0.262 e. The van der Waals surface area contributed by atoms with Gasteiger partial charge in [0, 0.05) is 16.1 Å². The van der Waals surface area contributed by atoms with Crippen LogP contribution < -0.4 is 10.0 Å². The van der Waals surface area contributed by atoms with Crippen molar-refractivity contribution in [2.75, 3.05) is 10.0 Å². The van der Waals surface area contributed by atoms with Gasteiger partial charge in [0.05, 0.1) is 10.5 Å². The van der Waals surface area contributed by atoms with Crippen LogP contribution in [0.5, 0.6) is 0 Å². The van der Waals surface area contributed by atoms with Crippen molar-refractivity contribution in [1.82, 2.24) is 0 Å². The molecule has 0 aliphatic rings. The van der Waals surface area contributed by atoms with Crippen molar-refractivity contribution >= 4 is 49.6 Å². The largest absolute Gasteiger partial charge is 0.322 e. The zero-order valence-electron chi connectivity index (χ0n) is 12.8. The average Bonchev–Trinajstić information content (AvgIpc) is 3.03. The molecule has 2 aromatic carbocycles. The summed E-state index contributed by atoms with van der Waals surface area (Å²) in [4.78, 5) is 12.4. The van der Waals surface area contributed by atoms with E-state index in [4.69, 9.17) is 11.6 Å². The Labute approximate surface area is 154 Å². The van der Waals surface area contributed by atoms with Crippen molar-refractivity contribution < 1.29 is 13.2 Å². The molecular weight excluding hydrogens is 380 g/mol. The van der Waals surface area contributed by atoms with Crippen LogP contribution in [0.25, 0.3) is 0 Å². The summed E-state index contributed by atoms with van der Waals surface area (Å²) in [6.07, 6.45) is 0. The summed E-state index contributed by atoms with van der Waals surface area (Å²) in [5.74, 6) is -0.344. The molecule has 1 amide bonds. The van der Waals surface area contributed by atoms with E-state index < -0.39 is 10.0 Å². The molecule has 0 radical (unpaired) electrons. The number of rotatable bonds is 5. The minimum atomic E-state index is -3.68. The third kappa shape index (κ3) is 4.39. The number of hydrogen-bond donors (Lipinski definition) is 2. The number of carbonyl (C=O) groups excluding carboxylic acids is 1. The fraction of sp³-hybridized carbons (Fsp3) is 0. The van der Waals surface area contributed by atoms with Crippen molar-refractivity contribution in [3.8, 4) is 0 Å². The van der Waals surface area contributed by atoms with Crippen LogP contribution >= 0.6 is 22.9 Å². The van der Waals surface area contributed by atoms with Crippen LogP contribution in [0.15, 0.2) is 70.9 Å². The minimum absolute atomic E-state index is 0.160. The molecule has 0 spiro atoms. The summed E-state index contributed by atoms with van der Waals surface area (Å²) in [6, 6.07) is 16.3. The van der Waals surface area contributed by atoms with Crippen molar-refractivity contribution in [1.29, 1.82) is 0 Å². The first-order chi connectivity index (χ1) is 11.9. The lowest BCUT2D eigenvalue weighted by Crippen LogP contribution is -2.12. The van der Waals surface area contributed by atoms with E-state index in [2.05, 4.69) is 10.0 Å². The molecule has 3 rings (SSSR count). The van der Waals surface area contributed by atoms with Crippen LogP contribution in [0.4, 0.5) is 10.7 Å². The number of carbonyl (C=O) groups is 1. The number of halogens is 1. The van der Waals surface area contributed by atoms with Crippen LogP contribution in [-0.2, 0) is 10.0 Å². The lowest BCUT2D eigenvalue weighted by molar-refractivity contribution is 0.102. The van der Waals surface area contributed by atoms with Gasteiger partial charge in [-0.15, -0.1) is 11.3 Å². The Bertz CT molecular complexity index is 1000. The summed E-state index contributed by atoms with van der Waals surface area (Å²) in [7, 11) is -3.68. The number of amides is 1. The highest BCUT2D eigenvalue weighted by atomic mass is 35.5. The number of thiophene rings is 1. The lowest BCUT2D eigenvalue weighted by atomic mass is 10.3. The Morgan fingerprint density at radius 3 is 2.48 bits per heavy atom. The van der Waals surface area contributed by atoms with Gasteiger partial charge in [-0.1, -0.05) is 35.9 Å². The molecule has 8 heteroatoms. The molecule has 0 unspecified atom stereocenters. The lowest BCUT2D eigenvalue weighted by Gasteiger charge is -2.05. The van der Waals surface area contributed by atoms with Crippen molar-refractivity contribution in [2.24, 2.45) is 0 Å². The molecule has 2 N–H and O–H groups in total. The van der Waals surface area contributed by atoms with Crippen LogP contribution in [-0.4, -0.2) is 14.3 Å². The molecular formula is C17H13ClN2O3S2. The zero-order chi connectivity index (χ0) is 17.9. The molecule has 0 bridgehead atoms. The van der Waals surface area contributed by atoms with Gasteiger partial charge in [-0.05, 0) is 36.4 Å². The van der Waals surface area contributed by atoms with E-state index in [0.29, 0.717) is 21.3 Å². The number of benzene rings is 2. The fourth-order valence-corrected chi connectivity index (χ4v) is 4.36. The maximum atomic E-state index is 12.3. The second-order valence-corrected chi connectivity index (χ2v) is 8.11. The van der Waals surface area contributed by atoms with Gasteiger partial charge in [0.15, 0.2) is 0 Å². The van der Waals surface area contributed by atoms with E-state index in [1.54, 1.807) is 47.8 Å². The van der Waals surface area contributed by atoms with Crippen molar-refractivity contribution in [3.05, 3.63) is 76.6 Å². The van der Waals surface area contributed by atoms with Gasteiger partial charge < -0.3 is 5.32 Å². The molecule has 0 saturated heterocycles. The first-order valence-electron chi connectivity index (χ1n) is 7.17. The molecule has 25 heavy (non-hydrogen) atoms. The van der Waals surface area contributed by atoms with E-state index in [1.807, 2.05) is 0 Å². The summed E-state index contributed by atoms with van der Waals surface area (Å²) in [5, 5.41) is 5.17. The van der Waals surface area contributed by atoms with Gasteiger partial charge in [0.25, 0.3) is 15.9 Å². The van der Waals surface area contributed by atoms with Crippen molar-refractivity contribution in [2.45, 2.75) is 4.90 Å². The van der Waals surface area contributed by atoms with E-state index in [9.17, 15) is 13.2 Å². The Morgan fingerprint density at radius 2 is 1.76 bits per heavy atom. The molecule has 128 valence electrons. The Hall–Kier alpha value is -2.35. The molecule has 0 aliphatic heterocycles. The SMILES string of the molecule is O=C(Nc1cccc(Cl)c1)c1csc(NS(=O)(=O)c2ccccc2)c1.